The van der Waals surface area contributed by atoms with Gasteiger partial charge in [0.15, 0.2) is 23.4 Å². The molecule has 8 rings (SSSR count). The van der Waals surface area contributed by atoms with Crippen molar-refractivity contribution in [1.82, 2.24) is 29.0 Å². The number of halogens is 2. The number of ether oxygens (including phenoxy) is 3. The number of hydrogen-bond donors (Lipinski definition) is 2. The van der Waals surface area contributed by atoms with Crippen molar-refractivity contribution in [1.29, 1.82) is 5.26 Å². The van der Waals surface area contributed by atoms with Gasteiger partial charge in [0.1, 0.15) is 23.1 Å². The normalized spacial score (nSPS) is 20.3. The molecule has 3 aromatic carbocycles. The molecule has 4 aliphatic heterocycles. The van der Waals surface area contributed by atoms with E-state index in [4.69, 9.17) is 18.4 Å². The third-order valence-electron chi connectivity index (χ3n) is 12.9. The van der Waals surface area contributed by atoms with Crippen LogP contribution in [0.4, 0.5) is 14.0 Å². The predicted octanol–water partition coefficient (Wildman–Crippen LogP) is 3.79. The first-order valence-corrected chi connectivity index (χ1v) is 24.7. The minimum absolute atomic E-state index is 0.0105. The van der Waals surface area contributed by atoms with Gasteiger partial charge in [-0.1, -0.05) is 16.9 Å². The first-order chi connectivity index (χ1) is 32.3. The van der Waals surface area contributed by atoms with Gasteiger partial charge in [0.25, 0.3) is 11.5 Å². The molecule has 4 fully saturated rings. The van der Waals surface area contributed by atoms with Crippen molar-refractivity contribution < 1.29 is 57.9 Å². The first kappa shape index (κ1) is 48.2. The number of carbonyl (C=O) groups excluding carboxylic acids is 3. The first-order valence-electron chi connectivity index (χ1n) is 21.9. The van der Waals surface area contributed by atoms with Gasteiger partial charge in [-0.2, -0.15) is 26.4 Å². The molecular weight excluding hydrogens is 935 g/mol. The molecule has 5 heterocycles. The standard InChI is InChI=1S/C44H48F2N8O12S2/c1-3-51(2)68(61,62)50-36-9-7-34(45)41(33(36)23-47)65-29-5-8-35-32(20-29)43(58)54(26-48-35)28-22-44(63-25-28)14-18-53(19-15-44)40(56)24-52-16-12-27(13-17-52)31-6-4-30(21-38(31)66-67(46,59)60)64-37-10-11-39(55)49-42(37)57/h4-9,20-21,26-28,37,50H,3,10-19,22,24-25H2,1-2H3,(H,49,55,57)/t28-,37?/m0/s1. The van der Waals surface area contributed by atoms with Gasteiger partial charge in [0.2, 0.25) is 11.8 Å². The Hall–Kier alpha value is -6.26. The van der Waals surface area contributed by atoms with Crippen molar-refractivity contribution in [2.24, 2.45) is 0 Å². The summed E-state index contributed by atoms with van der Waals surface area (Å²) in [7, 11) is -8.12. The summed E-state index contributed by atoms with van der Waals surface area (Å²) >= 11 is 0. The molecule has 3 amide bonds. The lowest BCUT2D eigenvalue weighted by Gasteiger charge is -2.40. The highest BCUT2D eigenvalue weighted by Crippen LogP contribution is 2.42. The molecule has 4 aliphatic rings. The summed E-state index contributed by atoms with van der Waals surface area (Å²) in [5, 5.41) is 12.3. The second-order valence-corrected chi connectivity index (χ2v) is 19.9. The topological polar surface area (TPSA) is 249 Å². The number of hydrogen-bond acceptors (Lipinski definition) is 15. The zero-order chi connectivity index (χ0) is 48.5. The Morgan fingerprint density at radius 1 is 1.03 bits per heavy atom. The van der Waals surface area contributed by atoms with Gasteiger partial charge in [0.05, 0.1) is 47.7 Å². The average Bonchev–Trinajstić information content (AvgIpc) is 3.71. The van der Waals surface area contributed by atoms with Crippen LogP contribution in [0.1, 0.15) is 75.0 Å². The van der Waals surface area contributed by atoms with E-state index >= 15 is 4.39 Å². The third-order valence-corrected chi connectivity index (χ3v) is 14.9. The molecule has 1 unspecified atom stereocenters. The lowest BCUT2D eigenvalue weighted by molar-refractivity contribution is -0.139. The number of likely N-dealkylation sites (tertiary alicyclic amines) is 2. The fraction of sp³-hybridized carbons (Fsp3) is 0.455. The van der Waals surface area contributed by atoms with Crippen LogP contribution >= 0.6 is 0 Å². The van der Waals surface area contributed by atoms with E-state index in [0.717, 1.165) is 16.4 Å². The smallest absolute Gasteiger partial charge is 0.480 e. The van der Waals surface area contributed by atoms with Gasteiger partial charge in [-0.05, 0) is 93.1 Å². The van der Waals surface area contributed by atoms with Crippen LogP contribution in [0.15, 0.2) is 59.7 Å². The minimum Gasteiger partial charge on any atom is -0.480 e. The van der Waals surface area contributed by atoms with E-state index in [1.165, 1.54) is 48.3 Å². The number of nitriles is 1. The Balaban J connectivity index is 0.863. The Kier molecular flexibility index (Phi) is 13.7. The summed E-state index contributed by atoms with van der Waals surface area (Å²) < 4.78 is 105. The molecule has 362 valence electrons. The molecule has 0 saturated carbocycles. The van der Waals surface area contributed by atoms with Crippen LogP contribution in [0.3, 0.4) is 0 Å². The summed E-state index contributed by atoms with van der Waals surface area (Å²) in [4.78, 5) is 59.5. The van der Waals surface area contributed by atoms with Crippen molar-refractivity contribution in [2.75, 3.05) is 57.6 Å². The molecule has 4 saturated heterocycles. The fourth-order valence-corrected chi connectivity index (χ4v) is 10.4. The van der Waals surface area contributed by atoms with Crippen LogP contribution in [0, 0.1) is 17.1 Å². The predicted molar refractivity (Wildman–Crippen MR) is 239 cm³/mol. The largest absolute Gasteiger partial charge is 0.488 e. The molecule has 0 aliphatic carbocycles. The van der Waals surface area contributed by atoms with Crippen LogP contribution in [-0.4, -0.2) is 123 Å². The molecule has 20 nitrogen and oxygen atoms in total. The number of fused-ring (bicyclic) bond motifs is 1. The molecule has 4 aromatic rings. The Morgan fingerprint density at radius 2 is 1.76 bits per heavy atom. The number of benzene rings is 3. The summed E-state index contributed by atoms with van der Waals surface area (Å²) in [6.07, 6.45) is 3.21. The van der Waals surface area contributed by atoms with Crippen LogP contribution in [0.25, 0.3) is 10.9 Å². The van der Waals surface area contributed by atoms with Gasteiger partial charge in [0, 0.05) is 45.6 Å². The van der Waals surface area contributed by atoms with E-state index in [0.29, 0.717) is 69.4 Å². The Morgan fingerprint density at radius 3 is 2.46 bits per heavy atom. The van der Waals surface area contributed by atoms with Crippen molar-refractivity contribution >= 4 is 55.0 Å². The number of rotatable bonds is 14. The van der Waals surface area contributed by atoms with Gasteiger partial charge in [-0.3, -0.25) is 38.7 Å². The molecule has 68 heavy (non-hydrogen) atoms. The second kappa shape index (κ2) is 19.4. The summed E-state index contributed by atoms with van der Waals surface area (Å²) in [6.45, 7) is 3.97. The van der Waals surface area contributed by atoms with E-state index in [1.807, 2.05) is 11.0 Å². The van der Waals surface area contributed by atoms with Gasteiger partial charge in [-0.15, -0.1) is 0 Å². The van der Waals surface area contributed by atoms with Gasteiger partial charge >= 0.3 is 20.7 Å². The summed E-state index contributed by atoms with van der Waals surface area (Å²) in [5.41, 5.74) is -0.802. The summed E-state index contributed by atoms with van der Waals surface area (Å²) in [6, 6.07) is 12.2. The zero-order valence-electron chi connectivity index (χ0n) is 37.0. The number of aromatic nitrogens is 2. The molecule has 0 bridgehead atoms. The van der Waals surface area contributed by atoms with Crippen molar-refractivity contribution in [3.63, 3.8) is 0 Å². The van der Waals surface area contributed by atoms with E-state index in [2.05, 4.69) is 15.0 Å². The number of anilines is 1. The number of piperidine rings is 3. The van der Waals surface area contributed by atoms with Crippen LogP contribution in [0.2, 0.25) is 0 Å². The number of carbonyl (C=O) groups is 3. The van der Waals surface area contributed by atoms with Gasteiger partial charge in [-0.25, -0.2) is 9.37 Å². The highest BCUT2D eigenvalue weighted by molar-refractivity contribution is 7.90. The highest BCUT2D eigenvalue weighted by atomic mass is 32.3. The van der Waals surface area contributed by atoms with Crippen LogP contribution in [0.5, 0.6) is 23.0 Å². The molecule has 2 atom stereocenters. The molecule has 2 N–H and O–H groups in total. The Bertz CT molecular complexity index is 2970. The van der Waals surface area contributed by atoms with E-state index in [-0.39, 0.29) is 78.7 Å². The average molecular weight is 983 g/mol. The monoisotopic (exact) mass is 982 g/mol. The van der Waals surface area contributed by atoms with Crippen LogP contribution < -0.4 is 29.3 Å². The molecule has 0 radical (unpaired) electrons. The molecular formula is C44H48F2N8O12S2. The molecule has 1 spiro atoms. The lowest BCUT2D eigenvalue weighted by Crippen LogP contribution is -2.50. The van der Waals surface area contributed by atoms with Crippen molar-refractivity contribution in [3.05, 3.63) is 82.2 Å². The number of imide groups is 1. The maximum absolute atomic E-state index is 15.1. The second-order valence-electron chi connectivity index (χ2n) is 17.2. The minimum atomic E-state index is -5.40. The number of nitrogens with one attached hydrogen (secondary N) is 2. The number of nitrogens with zero attached hydrogens (tertiary/aromatic N) is 6. The summed E-state index contributed by atoms with van der Waals surface area (Å²) in [5.74, 6) is -3.02. The molecule has 24 heteroatoms. The zero-order valence-corrected chi connectivity index (χ0v) is 38.6. The van der Waals surface area contributed by atoms with E-state index in [9.17, 15) is 45.2 Å². The number of amides is 3. The SMILES string of the molecule is CCN(C)S(=O)(=O)Nc1ccc(F)c(Oc2ccc3ncn([C@@H]4COC5(CCN(C(=O)CN6CCC(c7ccc(OC8CCC(=O)NC8=O)cc7OS(=O)(=O)F)CC6)CC5)C4)c(=O)c3c2)c1C#N. The quantitative estimate of drug-likeness (QED) is 0.135. The van der Waals surface area contributed by atoms with Crippen molar-refractivity contribution in [2.45, 2.75) is 75.5 Å². The fourth-order valence-electron chi connectivity index (χ4n) is 9.06. The highest BCUT2D eigenvalue weighted by Gasteiger charge is 2.44. The third kappa shape index (κ3) is 10.6. The molecule has 1 aromatic heterocycles. The van der Waals surface area contributed by atoms with Crippen LogP contribution in [-0.2, 0) is 39.8 Å². The maximum Gasteiger partial charge on any atom is 0.488 e. The lowest BCUT2D eigenvalue weighted by atomic mass is 9.87. The van der Waals surface area contributed by atoms with E-state index in [1.54, 1.807) is 17.9 Å². The Labute approximate surface area is 390 Å². The van der Waals surface area contributed by atoms with E-state index < -0.39 is 66.9 Å². The van der Waals surface area contributed by atoms with Gasteiger partial charge < -0.3 is 23.3 Å². The van der Waals surface area contributed by atoms with Crippen molar-refractivity contribution in [3.8, 4) is 29.1 Å². The maximum atomic E-state index is 15.1.